The molecular formula is C13H18N6O4. The third kappa shape index (κ3) is 2.51. The Bertz CT molecular complexity index is 720. The van der Waals surface area contributed by atoms with Crippen molar-refractivity contribution >= 4 is 22.9 Å². The largest absolute Gasteiger partial charge is 0.394 e. The van der Waals surface area contributed by atoms with Crippen molar-refractivity contribution < 1.29 is 20.1 Å². The van der Waals surface area contributed by atoms with Crippen molar-refractivity contribution in [2.24, 2.45) is 0 Å². The smallest absolute Gasteiger partial charge is 0.207 e. The zero-order valence-electron chi connectivity index (χ0n) is 12.2. The van der Waals surface area contributed by atoms with Gasteiger partial charge in [0.1, 0.15) is 24.6 Å². The molecule has 0 bridgehead atoms. The second-order valence-electron chi connectivity index (χ2n) is 5.13. The van der Waals surface area contributed by atoms with E-state index in [1.54, 1.807) is 6.08 Å². The molecule has 0 unspecified atom stereocenters. The number of imidazole rings is 1. The highest BCUT2D eigenvalue weighted by atomic mass is 16.6. The van der Waals surface area contributed by atoms with Gasteiger partial charge in [-0.25, -0.2) is 15.0 Å². The third-order valence-corrected chi connectivity index (χ3v) is 3.68. The Morgan fingerprint density at radius 3 is 2.83 bits per heavy atom. The number of nitrogens with one attached hydrogen (secondary N) is 1. The molecule has 10 nitrogen and oxygen atoms in total. The van der Waals surface area contributed by atoms with Crippen LogP contribution < -0.4 is 11.1 Å². The molecule has 1 aliphatic heterocycles. The molecular weight excluding hydrogens is 304 g/mol. The van der Waals surface area contributed by atoms with Crippen molar-refractivity contribution in [1.29, 1.82) is 0 Å². The fourth-order valence-electron chi connectivity index (χ4n) is 2.55. The fraction of sp³-hybridized carbons (Fsp3) is 0.462. The minimum Gasteiger partial charge on any atom is -0.394 e. The van der Waals surface area contributed by atoms with Crippen molar-refractivity contribution in [2.45, 2.75) is 24.5 Å². The van der Waals surface area contributed by atoms with Crippen LogP contribution in [0, 0.1) is 0 Å². The molecule has 10 heteroatoms. The Morgan fingerprint density at radius 1 is 1.39 bits per heavy atom. The van der Waals surface area contributed by atoms with Crippen molar-refractivity contribution in [3.8, 4) is 0 Å². The summed E-state index contributed by atoms with van der Waals surface area (Å²) in [7, 11) is 0. The van der Waals surface area contributed by atoms with Crippen LogP contribution >= 0.6 is 0 Å². The number of ether oxygens (including phenoxy) is 1. The van der Waals surface area contributed by atoms with Gasteiger partial charge in [0.25, 0.3) is 0 Å². The van der Waals surface area contributed by atoms with E-state index in [0.717, 1.165) is 0 Å². The Balaban J connectivity index is 2.11. The van der Waals surface area contributed by atoms with Gasteiger partial charge in [0.2, 0.25) is 5.95 Å². The number of nitrogens with zero attached hydrogens (tertiary/aromatic N) is 4. The number of hydrogen-bond acceptors (Lipinski definition) is 9. The first kappa shape index (κ1) is 15.6. The molecule has 0 spiro atoms. The first-order chi connectivity index (χ1) is 11.1. The predicted molar refractivity (Wildman–Crippen MR) is 81.4 cm³/mol. The Labute approximate surface area is 131 Å². The number of hydrogen-bond donors (Lipinski definition) is 5. The molecule has 2 aromatic rings. The molecule has 1 saturated heterocycles. The van der Waals surface area contributed by atoms with E-state index < -0.39 is 31.1 Å². The number of nitrogens with two attached hydrogens (primary N) is 1. The Kier molecular flexibility index (Phi) is 4.13. The molecule has 0 aliphatic carbocycles. The minimum absolute atomic E-state index is 0.183. The molecule has 0 radical (unpaired) electrons. The first-order valence-corrected chi connectivity index (χ1v) is 7.04. The van der Waals surface area contributed by atoms with Gasteiger partial charge >= 0.3 is 0 Å². The number of aromatic nitrogens is 4. The summed E-state index contributed by atoms with van der Waals surface area (Å²) < 4.78 is 7.04. The number of anilines is 2. The summed E-state index contributed by atoms with van der Waals surface area (Å²) >= 11 is 0. The zero-order chi connectivity index (χ0) is 16.6. The summed E-state index contributed by atoms with van der Waals surface area (Å²) in [5.41, 5.74) is 6.50. The number of aliphatic hydroxyl groups is 3. The number of aliphatic hydroxyl groups excluding tert-OH is 3. The highest BCUT2D eigenvalue weighted by Crippen LogP contribution is 2.34. The summed E-state index contributed by atoms with van der Waals surface area (Å²) in [6.07, 6.45) is -1.46. The number of rotatable bonds is 5. The molecule has 0 saturated carbocycles. The highest BCUT2D eigenvalue weighted by Gasteiger charge is 2.45. The average molecular weight is 322 g/mol. The van der Waals surface area contributed by atoms with Gasteiger partial charge in [0.05, 0.1) is 6.61 Å². The Morgan fingerprint density at radius 2 is 2.17 bits per heavy atom. The summed E-state index contributed by atoms with van der Waals surface area (Å²) in [5, 5.41) is 32.5. The summed E-state index contributed by atoms with van der Waals surface area (Å²) in [6.45, 7) is 3.61. The molecule has 4 atom stereocenters. The molecule has 1 aliphatic rings. The summed E-state index contributed by atoms with van der Waals surface area (Å²) in [5.74, 6) is 0.518. The first-order valence-electron chi connectivity index (χ1n) is 7.04. The number of fused-ring (bicyclic) bond motifs is 1. The quantitative estimate of drug-likeness (QED) is 0.419. The summed E-state index contributed by atoms with van der Waals surface area (Å²) in [4.78, 5) is 12.3. The van der Waals surface area contributed by atoms with Crippen LogP contribution in [-0.4, -0.2) is 66.3 Å². The second kappa shape index (κ2) is 6.08. The molecule has 2 aromatic heterocycles. The molecule has 6 N–H and O–H groups in total. The van der Waals surface area contributed by atoms with Crippen molar-refractivity contribution in [3.63, 3.8) is 0 Å². The number of nitrogen functional groups attached to an aromatic ring is 1. The summed E-state index contributed by atoms with van der Waals surface area (Å²) in [6, 6.07) is 0. The topological polar surface area (TPSA) is 152 Å². The van der Waals surface area contributed by atoms with Crippen LogP contribution in [0.1, 0.15) is 6.23 Å². The highest BCUT2D eigenvalue weighted by molar-refractivity contribution is 5.84. The third-order valence-electron chi connectivity index (χ3n) is 3.68. The van der Waals surface area contributed by atoms with Crippen LogP contribution in [0.3, 0.4) is 0 Å². The van der Waals surface area contributed by atoms with Crippen LogP contribution in [-0.2, 0) is 4.74 Å². The normalized spacial score (nSPS) is 27.4. The van der Waals surface area contributed by atoms with Crippen molar-refractivity contribution in [2.75, 3.05) is 24.2 Å². The van der Waals surface area contributed by atoms with E-state index in [4.69, 9.17) is 10.5 Å². The molecule has 3 heterocycles. The van der Waals surface area contributed by atoms with E-state index in [1.165, 1.54) is 10.9 Å². The maximum Gasteiger partial charge on any atom is 0.207 e. The van der Waals surface area contributed by atoms with E-state index in [2.05, 4.69) is 26.8 Å². The van der Waals surface area contributed by atoms with Crippen LogP contribution in [0.4, 0.5) is 11.8 Å². The second-order valence-corrected chi connectivity index (χ2v) is 5.13. The van der Waals surface area contributed by atoms with Crippen LogP contribution in [0.2, 0.25) is 0 Å². The molecule has 0 amide bonds. The molecule has 0 aromatic carbocycles. The molecule has 124 valence electrons. The zero-order valence-corrected chi connectivity index (χ0v) is 12.2. The van der Waals surface area contributed by atoms with Crippen molar-refractivity contribution in [1.82, 2.24) is 19.5 Å². The van der Waals surface area contributed by atoms with Crippen LogP contribution in [0.25, 0.3) is 11.2 Å². The van der Waals surface area contributed by atoms with Gasteiger partial charge in [-0.2, -0.15) is 0 Å². The van der Waals surface area contributed by atoms with E-state index in [0.29, 0.717) is 23.7 Å². The lowest BCUT2D eigenvalue weighted by Gasteiger charge is -2.19. The van der Waals surface area contributed by atoms with Gasteiger partial charge in [0.15, 0.2) is 23.2 Å². The van der Waals surface area contributed by atoms with Gasteiger partial charge < -0.3 is 31.1 Å². The molecule has 3 rings (SSSR count). The van der Waals surface area contributed by atoms with Gasteiger partial charge in [-0.1, -0.05) is 6.08 Å². The van der Waals surface area contributed by atoms with Gasteiger partial charge in [0, 0.05) is 6.54 Å². The Hall–Kier alpha value is -2.27. The predicted octanol–water partition coefficient (Wildman–Crippen LogP) is -1.38. The van der Waals surface area contributed by atoms with Crippen molar-refractivity contribution in [3.05, 3.63) is 19.0 Å². The fourth-order valence-corrected chi connectivity index (χ4v) is 2.55. The van der Waals surface area contributed by atoms with Crippen LogP contribution in [0.5, 0.6) is 0 Å². The van der Waals surface area contributed by atoms with Gasteiger partial charge in [-0.3, -0.25) is 4.57 Å². The van der Waals surface area contributed by atoms with E-state index in [1.807, 2.05) is 0 Å². The van der Waals surface area contributed by atoms with E-state index in [9.17, 15) is 15.3 Å². The molecule has 23 heavy (non-hydrogen) atoms. The van der Waals surface area contributed by atoms with Crippen LogP contribution in [0.15, 0.2) is 19.0 Å². The van der Waals surface area contributed by atoms with E-state index in [-0.39, 0.29) is 5.82 Å². The SMILES string of the molecule is C=CCNc1nc2c(N)ncnc2n1[C@@H]1O[C@H](CO)[C@@H](O)[C@H]1O. The monoisotopic (exact) mass is 322 g/mol. The van der Waals surface area contributed by atoms with Gasteiger partial charge in [-0.15, -0.1) is 6.58 Å². The lowest BCUT2D eigenvalue weighted by Crippen LogP contribution is -2.33. The molecule has 1 fully saturated rings. The maximum atomic E-state index is 10.3. The lowest BCUT2D eigenvalue weighted by molar-refractivity contribution is -0.0501. The van der Waals surface area contributed by atoms with Gasteiger partial charge in [-0.05, 0) is 0 Å². The standard InChI is InChI=1S/C13H18N6O4/c1-2-3-15-13-18-7-10(14)16-5-17-11(7)19(13)12-9(22)8(21)6(4-20)23-12/h2,5-6,8-9,12,20-22H,1,3-4H2,(H,15,18)(H2,14,16,17)/t6-,8-,9-,12-/m1/s1. The van der Waals surface area contributed by atoms with E-state index >= 15 is 0 Å². The average Bonchev–Trinajstić information content (AvgIpc) is 3.05. The lowest BCUT2D eigenvalue weighted by atomic mass is 10.1. The minimum atomic E-state index is -1.26. The maximum absolute atomic E-state index is 10.3.